The van der Waals surface area contributed by atoms with Crippen molar-refractivity contribution in [3.05, 3.63) is 114 Å². The van der Waals surface area contributed by atoms with Gasteiger partial charge < -0.3 is 10.6 Å². The van der Waals surface area contributed by atoms with Crippen molar-refractivity contribution in [3.8, 4) is 0 Å². The van der Waals surface area contributed by atoms with Crippen molar-refractivity contribution >= 4 is 111 Å². The van der Waals surface area contributed by atoms with Crippen molar-refractivity contribution in [2.75, 3.05) is 10.6 Å². The third kappa shape index (κ3) is 8.49. The van der Waals surface area contributed by atoms with Gasteiger partial charge in [-0.3, -0.25) is 4.79 Å². The minimum Gasteiger partial charge on any atom is -0.355 e. The molecule has 11 heteroatoms. The molecule has 38 heavy (non-hydrogen) atoms. The van der Waals surface area contributed by atoms with Gasteiger partial charge in [-0.25, -0.2) is 4.99 Å². The van der Waals surface area contributed by atoms with Gasteiger partial charge in [0, 0.05) is 34.6 Å². The summed E-state index contributed by atoms with van der Waals surface area (Å²) in [5, 5.41) is 7.17. The Labute approximate surface area is 249 Å². The number of carbonyl (C=O) groups excluding carboxylic acids is 1. The third-order valence-corrected chi connectivity index (χ3v) is 5.69. The first-order chi connectivity index (χ1) is 17.9. The van der Waals surface area contributed by atoms with Crippen LogP contribution in [0.25, 0.3) is 0 Å². The van der Waals surface area contributed by atoms with Gasteiger partial charge in [-0.2, -0.15) is 0 Å². The Bertz CT molecular complexity index is 1490. The number of ketones is 1. The van der Waals surface area contributed by atoms with Gasteiger partial charge in [0.05, 0.1) is 11.4 Å². The molecular weight excluding hydrogens is 626 g/mol. The van der Waals surface area contributed by atoms with Crippen LogP contribution in [0.3, 0.4) is 0 Å². The van der Waals surface area contributed by atoms with E-state index in [-0.39, 0.29) is 5.78 Å². The summed E-state index contributed by atoms with van der Waals surface area (Å²) < 4.78 is -3.69. The van der Waals surface area contributed by atoms with Crippen molar-refractivity contribution in [1.82, 2.24) is 0 Å². The van der Waals surface area contributed by atoms with Crippen LogP contribution in [0, 0.1) is 0 Å². The van der Waals surface area contributed by atoms with E-state index < -0.39 is 3.37 Å². The Hall–Kier alpha value is -2.01. The summed E-state index contributed by atoms with van der Waals surface area (Å²) in [5.74, 6) is 0.174. The monoisotopic (exact) mass is 643 g/mol. The minimum absolute atomic E-state index is 0.174. The number of nitrogens with one attached hydrogen (secondary N) is 2. The molecule has 0 amide bonds. The number of para-hydroxylation sites is 5. The molecule has 2 heterocycles. The van der Waals surface area contributed by atoms with Crippen LogP contribution < -0.4 is 10.6 Å². The standard InChI is InChI=1S/C14H11NO.C13H9ClN2.Cl5P/c16-14-9-10-5-1-3-7-12(10)15-13-8-4-2-6-11(13)14;14-13-9-5-1-2-6-10(9)15-11-7-3-4-8-12(11)16-13;1-6(2,3,4)5/h1-8,15H,9H2;1-8,15H;. The molecule has 0 aromatic heterocycles. The molecule has 0 saturated carbocycles. The van der Waals surface area contributed by atoms with E-state index in [1.807, 2.05) is 97.1 Å². The van der Waals surface area contributed by atoms with Crippen molar-refractivity contribution in [2.45, 2.75) is 6.42 Å². The molecule has 2 aliphatic rings. The first-order valence-corrected chi connectivity index (χ1v) is 18.3. The van der Waals surface area contributed by atoms with Crippen molar-refractivity contribution in [2.24, 2.45) is 4.99 Å². The smallest absolute Gasteiger partial charge is 0.169 e. The second kappa shape index (κ2) is 12.0. The molecule has 0 fully saturated rings. The number of hydrogen-bond donors (Lipinski definition) is 2. The second-order valence-electron chi connectivity index (χ2n) is 8.16. The Balaban J connectivity index is 0.000000147. The predicted octanol–water partition coefficient (Wildman–Crippen LogP) is 11.5. The summed E-state index contributed by atoms with van der Waals surface area (Å²) in [4.78, 5) is 16.4. The molecule has 0 spiro atoms. The first-order valence-electron chi connectivity index (χ1n) is 11.2. The summed E-state index contributed by atoms with van der Waals surface area (Å²) in [6.07, 6.45) is 0.472. The first kappa shape index (κ1) is 29.0. The summed E-state index contributed by atoms with van der Waals surface area (Å²) in [5.41, 5.74) is 7.52. The number of nitrogens with zero attached hydrogens (tertiary/aromatic N) is 1. The number of anilines is 4. The fourth-order valence-corrected chi connectivity index (χ4v) is 4.06. The van der Waals surface area contributed by atoms with Crippen LogP contribution in [0.5, 0.6) is 0 Å². The molecule has 0 saturated heterocycles. The van der Waals surface area contributed by atoms with E-state index in [1.54, 1.807) is 0 Å². The number of carbonyl (C=O) groups is 1. The molecule has 0 aliphatic carbocycles. The van der Waals surface area contributed by atoms with Gasteiger partial charge >= 0.3 is 59.6 Å². The van der Waals surface area contributed by atoms with Crippen LogP contribution in [0.15, 0.2) is 102 Å². The van der Waals surface area contributed by atoms with Crippen LogP contribution in [0.2, 0.25) is 0 Å². The zero-order valence-corrected chi connectivity index (χ0v) is 24.9. The van der Waals surface area contributed by atoms with Crippen LogP contribution in [-0.4, -0.2) is 11.0 Å². The summed E-state index contributed by atoms with van der Waals surface area (Å²) in [7, 11) is 0. The average molecular weight is 646 g/mol. The Morgan fingerprint density at radius 3 is 1.71 bits per heavy atom. The molecule has 196 valence electrons. The van der Waals surface area contributed by atoms with E-state index in [4.69, 9.17) is 67.8 Å². The third-order valence-electron chi connectivity index (χ3n) is 5.41. The number of benzene rings is 4. The van der Waals surface area contributed by atoms with Gasteiger partial charge in [0.25, 0.3) is 0 Å². The summed E-state index contributed by atoms with van der Waals surface area (Å²) in [6, 6.07) is 31.3. The maximum atomic E-state index is 12.0. The Morgan fingerprint density at radius 2 is 1.05 bits per heavy atom. The SMILES string of the molecule is ClC1=Nc2ccccc2Nc2ccccc21.ClP(Cl)(Cl)(Cl)Cl.O=C1Cc2ccccc2Nc2ccccc21. The van der Waals surface area contributed by atoms with E-state index >= 15 is 0 Å². The fourth-order valence-electron chi connectivity index (χ4n) is 3.80. The van der Waals surface area contributed by atoms with Gasteiger partial charge in [-0.05, 0) is 48.0 Å². The number of aliphatic imine (C=N–C) groups is 1. The van der Waals surface area contributed by atoms with Crippen LogP contribution >= 0.6 is 71.2 Å². The zero-order valence-electron chi connectivity index (χ0n) is 19.5. The topological polar surface area (TPSA) is 53.5 Å². The van der Waals surface area contributed by atoms with Crippen LogP contribution in [0.1, 0.15) is 21.5 Å². The number of fused-ring (bicyclic) bond motifs is 4. The van der Waals surface area contributed by atoms with Gasteiger partial charge in [0.1, 0.15) is 5.17 Å². The molecule has 0 unspecified atom stereocenters. The Morgan fingerprint density at radius 1 is 0.605 bits per heavy atom. The molecule has 4 nitrogen and oxygen atoms in total. The van der Waals surface area contributed by atoms with Gasteiger partial charge in [0.15, 0.2) is 5.78 Å². The quantitative estimate of drug-likeness (QED) is 0.187. The van der Waals surface area contributed by atoms with E-state index in [2.05, 4.69) is 15.6 Å². The molecule has 0 radical (unpaired) electrons. The van der Waals surface area contributed by atoms with E-state index in [0.717, 1.165) is 45.1 Å². The predicted molar refractivity (Wildman–Crippen MR) is 169 cm³/mol. The Kier molecular flexibility index (Phi) is 9.17. The summed E-state index contributed by atoms with van der Waals surface area (Å²) >= 11 is 31.1. The number of halogens is 6. The minimum atomic E-state index is -3.69. The molecule has 4 aromatic carbocycles. The normalized spacial score (nSPS) is 14.1. The van der Waals surface area contributed by atoms with Crippen LogP contribution in [0.4, 0.5) is 28.4 Å². The molecule has 2 N–H and O–H groups in total. The largest absolute Gasteiger partial charge is 0.355 e. The van der Waals surface area contributed by atoms with Gasteiger partial charge in [-0.1, -0.05) is 66.2 Å². The number of rotatable bonds is 0. The maximum absolute atomic E-state index is 12.0. The van der Waals surface area contributed by atoms with Gasteiger partial charge in [0.2, 0.25) is 0 Å². The van der Waals surface area contributed by atoms with E-state index in [9.17, 15) is 4.79 Å². The fraction of sp³-hybridized carbons (Fsp3) is 0.0370. The van der Waals surface area contributed by atoms with Crippen LogP contribution in [-0.2, 0) is 6.42 Å². The van der Waals surface area contributed by atoms with E-state index in [0.29, 0.717) is 11.6 Å². The average Bonchev–Trinajstić information content (AvgIpc) is 3.09. The molecule has 0 bridgehead atoms. The molecule has 2 aliphatic heterocycles. The van der Waals surface area contributed by atoms with Gasteiger partial charge in [-0.15, -0.1) is 0 Å². The summed E-state index contributed by atoms with van der Waals surface area (Å²) in [6.45, 7) is 0. The number of hydrogen-bond acceptors (Lipinski definition) is 4. The van der Waals surface area contributed by atoms with Crippen molar-refractivity contribution in [3.63, 3.8) is 0 Å². The van der Waals surface area contributed by atoms with Crippen molar-refractivity contribution < 1.29 is 4.79 Å². The molecule has 6 rings (SSSR count). The molecular formula is C27H20Cl6N3OP. The molecule has 0 atom stereocenters. The second-order valence-corrected chi connectivity index (χ2v) is 25.1. The van der Waals surface area contributed by atoms with E-state index in [1.165, 1.54) is 0 Å². The maximum Gasteiger partial charge on any atom is 0.169 e. The van der Waals surface area contributed by atoms with Crippen molar-refractivity contribution in [1.29, 1.82) is 0 Å². The number of Topliss-reactive ketones (excluding diaryl/α,β-unsaturated/α-hetero) is 1. The zero-order chi connectivity index (χ0) is 27.4. The molecule has 4 aromatic rings.